The maximum atomic E-state index is 6.18. The van der Waals surface area contributed by atoms with Gasteiger partial charge in [-0.1, -0.05) is 36.4 Å². The molecule has 164 valence electrons. The first-order valence-electron chi connectivity index (χ1n) is 10.2. The van der Waals surface area contributed by atoms with E-state index in [0.717, 1.165) is 29.4 Å². The van der Waals surface area contributed by atoms with Crippen molar-refractivity contribution >= 4 is 52.7 Å². The predicted octanol–water partition coefficient (Wildman–Crippen LogP) is 4.15. The zero-order chi connectivity index (χ0) is 22.1. The molecule has 3 atom stereocenters. The van der Waals surface area contributed by atoms with E-state index in [1.54, 1.807) is 13.4 Å². The summed E-state index contributed by atoms with van der Waals surface area (Å²) in [5.41, 5.74) is 7.14. The lowest BCUT2D eigenvalue weighted by atomic mass is 10.1. The van der Waals surface area contributed by atoms with E-state index in [1.165, 1.54) is 0 Å². The molecular formula is C21H22N6O3PS+. The smallest absolute Gasteiger partial charge is 0.371 e. The molecule has 1 unspecified atom stereocenters. The summed E-state index contributed by atoms with van der Waals surface area (Å²) in [4.78, 5) is 12.9. The number of nitrogen functional groups attached to an aromatic ring is 1. The number of aromatic nitrogens is 4. The monoisotopic (exact) mass is 469 g/mol. The fourth-order valence-corrected chi connectivity index (χ4v) is 4.94. The minimum absolute atomic E-state index is 0.0931. The number of anilines is 2. The molecule has 32 heavy (non-hydrogen) atoms. The Balaban J connectivity index is 1.22. The van der Waals surface area contributed by atoms with E-state index >= 15 is 0 Å². The highest BCUT2D eigenvalue weighted by atomic mass is 32.4. The largest absolute Gasteiger partial charge is 0.573 e. The van der Waals surface area contributed by atoms with Gasteiger partial charge in [0.2, 0.25) is 17.8 Å². The van der Waals surface area contributed by atoms with E-state index in [4.69, 9.17) is 31.3 Å². The molecule has 0 aliphatic carbocycles. The van der Waals surface area contributed by atoms with Crippen LogP contribution in [0.1, 0.15) is 19.1 Å². The van der Waals surface area contributed by atoms with Crippen LogP contribution in [0.2, 0.25) is 0 Å². The van der Waals surface area contributed by atoms with Crippen molar-refractivity contribution in [2.24, 2.45) is 0 Å². The number of rotatable bonds is 7. The lowest BCUT2D eigenvalue weighted by Gasteiger charge is -2.14. The highest BCUT2D eigenvalue weighted by Gasteiger charge is 2.31. The van der Waals surface area contributed by atoms with E-state index in [-0.39, 0.29) is 18.3 Å². The van der Waals surface area contributed by atoms with Gasteiger partial charge in [-0.15, -0.1) is 4.52 Å². The molecule has 1 aliphatic heterocycles. The van der Waals surface area contributed by atoms with E-state index in [2.05, 4.69) is 20.3 Å². The second-order valence-electron chi connectivity index (χ2n) is 7.38. The summed E-state index contributed by atoms with van der Waals surface area (Å²) < 4.78 is 19.8. The SMILES string of the molecule is CNc1nc(N)nc2c1ncn2[C@H]1CC[C@@H](CO[P+](=S)Oc2cccc3ccccc23)O1. The average Bonchev–Trinajstić information content (AvgIpc) is 3.44. The molecule has 0 bridgehead atoms. The zero-order valence-corrected chi connectivity index (χ0v) is 19.1. The molecule has 9 nitrogen and oxygen atoms in total. The molecule has 1 saturated heterocycles. The number of hydrogen-bond donors (Lipinski definition) is 2. The molecule has 0 saturated carbocycles. The standard InChI is InChI=1S/C21H22N6O3PS/c1-23-19-18-20(26-21(22)25-19)27(12-24-18)17-10-9-14(29-17)11-28-31(32)30-16-8-4-6-13-5-2-3-7-15(13)16/h2-8,12,14,17H,9-11H2,1H3,(H3,22,23,25,26)/q+1/t14-,17+/m0/s1. The van der Waals surface area contributed by atoms with Gasteiger partial charge in [0, 0.05) is 12.4 Å². The number of fused-ring (bicyclic) bond motifs is 2. The highest BCUT2D eigenvalue weighted by molar-refractivity contribution is 8.00. The van der Waals surface area contributed by atoms with Crippen molar-refractivity contribution in [1.82, 2.24) is 19.5 Å². The van der Waals surface area contributed by atoms with Gasteiger partial charge in [-0.3, -0.25) is 4.57 Å². The van der Waals surface area contributed by atoms with Crippen LogP contribution in [0.15, 0.2) is 48.8 Å². The van der Waals surface area contributed by atoms with Crippen LogP contribution in [0.5, 0.6) is 5.75 Å². The second kappa shape index (κ2) is 8.91. The second-order valence-corrected chi connectivity index (χ2v) is 9.16. The third-order valence-corrected chi connectivity index (χ3v) is 6.60. The Kier molecular flexibility index (Phi) is 5.84. The summed E-state index contributed by atoms with van der Waals surface area (Å²) in [6, 6.07) is 13.9. The summed E-state index contributed by atoms with van der Waals surface area (Å²) >= 11 is 5.44. The van der Waals surface area contributed by atoms with Crippen LogP contribution in [0.3, 0.4) is 0 Å². The Hall–Kier alpha value is -2.91. The van der Waals surface area contributed by atoms with Gasteiger partial charge in [0.15, 0.2) is 22.7 Å². The summed E-state index contributed by atoms with van der Waals surface area (Å²) in [6.45, 7) is 0.363. The van der Waals surface area contributed by atoms with Crippen LogP contribution in [0, 0.1) is 0 Å². The third kappa shape index (κ3) is 4.10. The minimum atomic E-state index is -1.51. The van der Waals surface area contributed by atoms with Crippen molar-refractivity contribution < 1.29 is 13.8 Å². The van der Waals surface area contributed by atoms with Crippen molar-refractivity contribution in [2.75, 3.05) is 24.7 Å². The van der Waals surface area contributed by atoms with E-state index in [9.17, 15) is 0 Å². The number of hydrogen-bond acceptors (Lipinski definition) is 9. The molecule has 0 amide bonds. The van der Waals surface area contributed by atoms with Crippen molar-refractivity contribution in [1.29, 1.82) is 0 Å². The molecule has 2 aromatic carbocycles. The summed E-state index contributed by atoms with van der Waals surface area (Å²) in [5.74, 6) is 1.51. The van der Waals surface area contributed by atoms with Crippen LogP contribution < -0.4 is 15.6 Å². The van der Waals surface area contributed by atoms with Crippen LogP contribution in [-0.2, 0) is 21.1 Å². The Labute approximate surface area is 190 Å². The predicted molar refractivity (Wildman–Crippen MR) is 127 cm³/mol. The lowest BCUT2D eigenvalue weighted by Crippen LogP contribution is -2.15. The maximum Gasteiger partial charge on any atom is 0.573 e. The Morgan fingerprint density at radius 3 is 2.94 bits per heavy atom. The first-order valence-corrected chi connectivity index (χ1v) is 12.4. The molecule has 0 radical (unpaired) electrons. The molecule has 0 spiro atoms. The number of imidazole rings is 1. The van der Waals surface area contributed by atoms with E-state index in [0.29, 0.717) is 23.6 Å². The quantitative estimate of drug-likeness (QED) is 0.386. The lowest BCUT2D eigenvalue weighted by molar-refractivity contribution is -0.0147. The molecule has 3 heterocycles. The first-order chi connectivity index (χ1) is 15.6. The number of ether oxygens (including phenoxy) is 1. The van der Waals surface area contributed by atoms with Gasteiger partial charge in [-0.2, -0.15) is 9.97 Å². The molecule has 1 fully saturated rings. The molecule has 11 heteroatoms. The van der Waals surface area contributed by atoms with Crippen LogP contribution >= 0.6 is 7.15 Å². The molecular weight excluding hydrogens is 447 g/mol. The Morgan fingerprint density at radius 2 is 2.06 bits per heavy atom. The van der Waals surface area contributed by atoms with Gasteiger partial charge in [0.1, 0.15) is 12.8 Å². The van der Waals surface area contributed by atoms with Crippen LogP contribution in [0.4, 0.5) is 11.8 Å². The van der Waals surface area contributed by atoms with Gasteiger partial charge in [0.05, 0.1) is 12.4 Å². The highest BCUT2D eigenvalue weighted by Crippen LogP contribution is 2.36. The average molecular weight is 469 g/mol. The summed E-state index contributed by atoms with van der Waals surface area (Å²) in [6.07, 6.45) is 3.04. The first kappa shape index (κ1) is 21.0. The van der Waals surface area contributed by atoms with Gasteiger partial charge >= 0.3 is 7.15 Å². The van der Waals surface area contributed by atoms with Crippen molar-refractivity contribution in [3.8, 4) is 5.75 Å². The summed E-state index contributed by atoms with van der Waals surface area (Å²) in [7, 11) is 0.265. The van der Waals surface area contributed by atoms with Gasteiger partial charge in [-0.25, -0.2) is 9.51 Å². The molecule has 4 aromatic rings. The van der Waals surface area contributed by atoms with Gasteiger partial charge < -0.3 is 15.8 Å². The number of benzene rings is 2. The fourth-order valence-electron chi connectivity index (χ4n) is 3.86. The van der Waals surface area contributed by atoms with Crippen molar-refractivity contribution in [3.63, 3.8) is 0 Å². The summed E-state index contributed by atoms with van der Waals surface area (Å²) in [5, 5.41) is 5.11. The number of nitrogens with one attached hydrogen (secondary N) is 1. The fraction of sp³-hybridized carbons (Fsp3) is 0.286. The number of nitrogens with two attached hydrogens (primary N) is 1. The molecule has 5 rings (SSSR count). The third-order valence-electron chi connectivity index (χ3n) is 5.36. The molecule has 3 N–H and O–H groups in total. The van der Waals surface area contributed by atoms with E-state index < -0.39 is 7.15 Å². The Morgan fingerprint density at radius 1 is 1.22 bits per heavy atom. The number of nitrogens with zero attached hydrogens (tertiary/aromatic N) is 4. The van der Waals surface area contributed by atoms with E-state index in [1.807, 2.05) is 47.0 Å². The molecule has 2 aromatic heterocycles. The maximum absolute atomic E-state index is 6.18. The van der Waals surface area contributed by atoms with Gasteiger partial charge in [-0.05, 0) is 24.3 Å². The van der Waals surface area contributed by atoms with Gasteiger partial charge in [0.25, 0.3) is 0 Å². The Bertz CT molecular complexity index is 1290. The normalized spacial score (nSPS) is 18.8. The van der Waals surface area contributed by atoms with Crippen LogP contribution in [0.25, 0.3) is 21.9 Å². The zero-order valence-electron chi connectivity index (χ0n) is 17.3. The molecule has 1 aliphatic rings. The van der Waals surface area contributed by atoms with Crippen molar-refractivity contribution in [2.45, 2.75) is 25.2 Å². The minimum Gasteiger partial charge on any atom is -0.371 e. The van der Waals surface area contributed by atoms with Crippen molar-refractivity contribution in [3.05, 3.63) is 48.8 Å². The topological polar surface area (TPSA) is 109 Å². The van der Waals surface area contributed by atoms with Crippen LogP contribution in [-0.4, -0.2) is 39.3 Å².